The first kappa shape index (κ1) is 34.9. The lowest BCUT2D eigenvalue weighted by Crippen LogP contribution is -2.25. The van der Waals surface area contributed by atoms with Gasteiger partial charge in [-0.3, -0.25) is 9.59 Å². The summed E-state index contributed by atoms with van der Waals surface area (Å²) >= 11 is 0. The third kappa shape index (κ3) is 7.43. The van der Waals surface area contributed by atoms with Crippen molar-refractivity contribution in [3.8, 4) is 46.0 Å². The second-order valence-electron chi connectivity index (χ2n) is 15.1. The number of methoxy groups -OCH3 is 2. The Kier molecular flexibility index (Phi) is 9.23. The molecule has 0 aliphatic carbocycles. The summed E-state index contributed by atoms with van der Waals surface area (Å²) in [5, 5.41) is 53.8. The van der Waals surface area contributed by atoms with Gasteiger partial charge >= 0.3 is 0 Å². The van der Waals surface area contributed by atoms with E-state index in [9.17, 15) is 39.1 Å². The number of amides is 2. The fourth-order valence-corrected chi connectivity index (χ4v) is 8.15. The van der Waals surface area contributed by atoms with Gasteiger partial charge in [0.1, 0.15) is 23.8 Å². The number of nitrogens with one attached hydrogen (secondary N) is 2. The van der Waals surface area contributed by atoms with Crippen LogP contribution in [0.1, 0.15) is 51.5 Å². The molecule has 10 rings (SSSR count). The zero-order valence-corrected chi connectivity index (χ0v) is 33.2. The van der Waals surface area contributed by atoms with E-state index in [1.54, 1.807) is 34.3 Å². The number of ether oxygens (including phenoxy) is 2. The van der Waals surface area contributed by atoms with E-state index >= 15 is 0 Å². The molecule has 6 aromatic rings. The first-order valence-corrected chi connectivity index (χ1v) is 19.6. The molecule has 0 bridgehead atoms. The minimum atomic E-state index is -2.64. The molecule has 18 nitrogen and oxygen atoms in total. The Balaban J connectivity index is 0.000000174. The average Bonchev–Trinajstić information content (AvgIpc) is 4.19. The monoisotopic (exact) mass is 874 g/mol. The van der Waals surface area contributed by atoms with Crippen molar-refractivity contribution in [1.29, 1.82) is 10.5 Å². The lowest BCUT2D eigenvalue weighted by Gasteiger charge is -2.15. The van der Waals surface area contributed by atoms with Crippen molar-refractivity contribution in [3.05, 3.63) is 118 Å². The molecule has 324 valence electrons. The molecule has 64 heavy (non-hydrogen) atoms. The minimum absolute atomic E-state index is 0.0260. The fourth-order valence-electron chi connectivity index (χ4n) is 8.15. The average molecular weight is 875 g/mol. The van der Waals surface area contributed by atoms with Gasteiger partial charge in [-0.15, -0.1) is 0 Å². The number of aromatic nitrogens is 6. The van der Waals surface area contributed by atoms with Gasteiger partial charge in [-0.25, -0.2) is 28.1 Å². The van der Waals surface area contributed by atoms with Gasteiger partial charge in [0.25, 0.3) is 11.8 Å². The molecule has 2 fully saturated rings. The zero-order chi connectivity index (χ0) is 49.8. The summed E-state index contributed by atoms with van der Waals surface area (Å²) < 4.78 is 85.8. The van der Waals surface area contributed by atoms with Crippen LogP contribution in [-0.4, -0.2) is 116 Å². The van der Waals surface area contributed by atoms with Crippen molar-refractivity contribution in [1.82, 2.24) is 40.2 Å². The van der Waals surface area contributed by atoms with Crippen molar-refractivity contribution in [3.63, 3.8) is 0 Å². The summed E-state index contributed by atoms with van der Waals surface area (Å²) in [6.45, 7) is 0.726. The number of pyridine rings is 2. The molecule has 4 atom stereocenters. The molecule has 4 aliphatic rings. The van der Waals surface area contributed by atoms with Gasteiger partial charge in [0, 0.05) is 64.8 Å². The predicted molar refractivity (Wildman–Crippen MR) is 223 cm³/mol. The lowest BCUT2D eigenvalue weighted by atomic mass is 10.0. The fraction of sp³-hybridized carbons (Fsp3) is 0.273. The number of carbonyl (C=O) groups is 2. The van der Waals surface area contributed by atoms with E-state index < -0.39 is 50.1 Å². The number of fused-ring (bicyclic) bond motifs is 2. The number of anilines is 2. The quantitative estimate of drug-likeness (QED) is 0.172. The summed E-state index contributed by atoms with van der Waals surface area (Å²) in [6.07, 6.45) is -0.683. The number of hydrogen-bond donors (Lipinski definition) is 4. The molecule has 2 amide bonds. The van der Waals surface area contributed by atoms with Crippen molar-refractivity contribution in [2.24, 2.45) is 0 Å². The molecule has 2 saturated heterocycles. The molecule has 0 radical (unpaired) electrons. The highest BCUT2D eigenvalue weighted by Crippen LogP contribution is 2.34. The number of nitriles is 2. The van der Waals surface area contributed by atoms with Crippen molar-refractivity contribution in [2.45, 2.75) is 37.5 Å². The summed E-state index contributed by atoms with van der Waals surface area (Å²) in [7, 11) is -5.28. The van der Waals surface area contributed by atoms with E-state index in [2.05, 4.69) is 30.8 Å². The SMILES string of the molecule is [2H]C([2H])([2H])O[C@@H]1CN(c2ccn(-c3cc(-c4c(F)cccc4C#N)nc4c3C(=O)NC4)n2)C[C@@H]1O.[2H]C([2H])([2H])O[C@H]1CN(c2ccn(-c3cc(-c4c(F)cccc4C#N)nc4c3C(=O)NC4)n2)C[C@H]1O. The van der Waals surface area contributed by atoms with E-state index in [1.165, 1.54) is 57.9 Å². The molecule has 4 N–H and O–H groups in total. The number of aliphatic hydroxyl groups excluding tert-OH is 2. The van der Waals surface area contributed by atoms with Gasteiger partial charge in [-0.2, -0.15) is 20.7 Å². The van der Waals surface area contributed by atoms with E-state index in [1.807, 2.05) is 12.1 Å². The first-order chi connectivity index (χ1) is 33.3. The summed E-state index contributed by atoms with van der Waals surface area (Å²) in [5.41, 5.74) is 2.67. The number of β-amino-alcohol motifs (C(OH)–C–C–N with tert-alkyl or cyclic N) is 2. The van der Waals surface area contributed by atoms with E-state index in [0.29, 0.717) is 34.4 Å². The second kappa shape index (κ2) is 16.9. The maximum atomic E-state index is 14.7. The van der Waals surface area contributed by atoms with Crippen LogP contribution in [0.4, 0.5) is 20.4 Å². The summed E-state index contributed by atoms with van der Waals surface area (Å²) in [5.74, 6) is -1.10. The Morgan fingerprint density at radius 3 is 1.53 bits per heavy atom. The molecule has 4 aliphatic heterocycles. The normalized spacial score (nSPS) is 21.5. The smallest absolute Gasteiger partial charge is 0.255 e. The highest BCUT2D eigenvalue weighted by Gasteiger charge is 2.35. The molecule has 0 unspecified atom stereocenters. The number of carbonyl (C=O) groups excluding carboxylic acids is 2. The van der Waals surface area contributed by atoms with Gasteiger partial charge in [-0.1, -0.05) is 12.1 Å². The predicted octanol–water partition coefficient (Wildman–Crippen LogP) is 2.77. The third-order valence-corrected chi connectivity index (χ3v) is 11.3. The van der Waals surface area contributed by atoms with Gasteiger partial charge < -0.3 is 40.1 Å². The van der Waals surface area contributed by atoms with Crippen LogP contribution in [-0.2, 0) is 22.6 Å². The van der Waals surface area contributed by atoms with Crippen molar-refractivity contribution < 1.29 is 46.3 Å². The molecule has 4 aromatic heterocycles. The lowest BCUT2D eigenvalue weighted by molar-refractivity contribution is 0.0217. The van der Waals surface area contributed by atoms with Crippen LogP contribution >= 0.6 is 0 Å². The number of hydrogen-bond acceptors (Lipinski definition) is 14. The third-order valence-electron chi connectivity index (χ3n) is 11.3. The Bertz CT molecular complexity index is 2950. The summed E-state index contributed by atoms with van der Waals surface area (Å²) in [6, 6.07) is 18.5. The van der Waals surface area contributed by atoms with Crippen molar-refractivity contribution in [2.75, 3.05) is 50.1 Å². The van der Waals surface area contributed by atoms with Crippen LogP contribution in [0.25, 0.3) is 33.9 Å². The Labute approximate surface area is 371 Å². The number of benzene rings is 2. The van der Waals surface area contributed by atoms with Crippen LogP contribution in [0.5, 0.6) is 0 Å². The van der Waals surface area contributed by atoms with E-state index in [0.717, 1.165) is 0 Å². The topological polar surface area (TPSA) is 233 Å². The van der Waals surface area contributed by atoms with Crippen LogP contribution in [0, 0.1) is 34.3 Å². The Morgan fingerprint density at radius 2 is 1.12 bits per heavy atom. The number of aliphatic hydroxyl groups is 2. The molecule has 0 spiro atoms. The largest absolute Gasteiger partial charge is 0.388 e. The standard InChI is InChI=1S/2C22H19FN6O3/c2*1-32-18-11-28(10-17(18)30)19-5-6-29(27-19)16-7-14(26-15-9-25-22(31)21(15)16)20-12(8-24)3-2-4-13(20)23/h2*2-7,17-18,30H,9-11H2,1H3,(H,25,31)/t2*17-,18+/m10/s1/i2*1D3. The molecule has 2 aromatic carbocycles. The maximum Gasteiger partial charge on any atom is 0.255 e. The highest BCUT2D eigenvalue weighted by atomic mass is 19.1. The number of rotatable bonds is 8. The van der Waals surface area contributed by atoms with Gasteiger partial charge in [-0.05, 0) is 36.4 Å². The zero-order valence-electron chi connectivity index (χ0n) is 39.2. The Morgan fingerprint density at radius 1 is 0.688 bits per heavy atom. The van der Waals surface area contributed by atoms with Crippen molar-refractivity contribution >= 4 is 23.5 Å². The van der Waals surface area contributed by atoms with Crippen LogP contribution in [0.3, 0.4) is 0 Å². The first-order valence-electron chi connectivity index (χ1n) is 22.6. The Hall–Kier alpha value is -7.62. The molecular weight excluding hydrogens is 831 g/mol. The molecular formula is C44H38F2N12O6. The van der Waals surface area contributed by atoms with Gasteiger partial charge in [0.05, 0.1) is 113 Å². The molecule has 8 heterocycles. The van der Waals surface area contributed by atoms with Crippen LogP contribution in [0.2, 0.25) is 0 Å². The minimum Gasteiger partial charge on any atom is -0.388 e. The van der Waals surface area contributed by atoms with Gasteiger partial charge in [0.2, 0.25) is 0 Å². The van der Waals surface area contributed by atoms with E-state index in [-0.39, 0.29) is 95.9 Å². The molecule has 0 saturated carbocycles. The van der Waals surface area contributed by atoms with E-state index in [4.69, 9.17) is 17.7 Å². The van der Waals surface area contributed by atoms with Gasteiger partial charge in [0.15, 0.2) is 11.6 Å². The molecule has 20 heteroatoms. The number of halogens is 2. The second-order valence-corrected chi connectivity index (χ2v) is 15.1. The maximum absolute atomic E-state index is 14.7. The number of nitrogens with zero attached hydrogens (tertiary/aromatic N) is 10. The van der Waals surface area contributed by atoms with Crippen LogP contribution < -0.4 is 20.4 Å². The van der Waals surface area contributed by atoms with Crippen LogP contribution in [0.15, 0.2) is 73.1 Å². The summed E-state index contributed by atoms with van der Waals surface area (Å²) in [4.78, 5) is 37.3. The highest BCUT2D eigenvalue weighted by molar-refractivity contribution is 6.02.